The number of esters is 1. The molecule has 0 atom stereocenters. The molecule has 1 amide bonds. The highest BCUT2D eigenvalue weighted by molar-refractivity contribution is 7.89. The first-order valence-corrected chi connectivity index (χ1v) is 13.0. The maximum atomic E-state index is 13.1. The molecule has 184 valence electrons. The van der Waals surface area contributed by atoms with Gasteiger partial charge in [0.05, 0.1) is 34.8 Å². The first-order valence-electron chi connectivity index (χ1n) is 11.5. The molecule has 1 saturated heterocycles. The normalized spacial score (nSPS) is 17.7. The summed E-state index contributed by atoms with van der Waals surface area (Å²) in [4.78, 5) is 25.5. The second kappa shape index (κ2) is 9.47. The lowest BCUT2D eigenvalue weighted by Crippen LogP contribution is -2.40. The predicted octanol–water partition coefficient (Wildman–Crippen LogP) is 1.73. The Morgan fingerprint density at radius 2 is 2.03 bits per heavy atom. The molecule has 1 aromatic carbocycles. The number of hydrogen-bond acceptors (Lipinski definition) is 7. The number of nitrogens with zero attached hydrogens (tertiary/aromatic N) is 2. The zero-order chi connectivity index (χ0) is 24.5. The first-order chi connectivity index (χ1) is 16.2. The summed E-state index contributed by atoms with van der Waals surface area (Å²) in [5, 5.41) is 13.2. The predicted molar refractivity (Wildman–Crippen MR) is 123 cm³/mol. The number of fused-ring (bicyclic) bond motifs is 1. The lowest BCUT2D eigenvalue weighted by Gasteiger charge is -2.36. The molecule has 11 heteroatoms. The molecule has 0 unspecified atom stereocenters. The van der Waals surface area contributed by atoms with E-state index in [2.05, 4.69) is 10.4 Å². The van der Waals surface area contributed by atoms with E-state index in [1.807, 2.05) is 13.8 Å². The molecule has 0 bridgehead atoms. The maximum Gasteiger partial charge on any atom is 0.338 e. The molecule has 1 fully saturated rings. The summed E-state index contributed by atoms with van der Waals surface area (Å²) in [7, 11) is -4.15. The van der Waals surface area contributed by atoms with E-state index in [-0.39, 0.29) is 34.1 Å². The number of benzene rings is 1. The highest BCUT2D eigenvalue weighted by Gasteiger charge is 2.40. The topological polar surface area (TPSA) is 143 Å². The van der Waals surface area contributed by atoms with Crippen LogP contribution in [0.4, 0.5) is 0 Å². The van der Waals surface area contributed by atoms with Gasteiger partial charge < -0.3 is 14.8 Å². The lowest BCUT2D eigenvalue weighted by molar-refractivity contribution is 0.0154. The highest BCUT2D eigenvalue weighted by Crippen LogP contribution is 2.38. The van der Waals surface area contributed by atoms with Crippen LogP contribution in [0.5, 0.6) is 0 Å². The van der Waals surface area contributed by atoms with E-state index in [1.165, 1.54) is 22.9 Å². The molecule has 34 heavy (non-hydrogen) atoms. The van der Waals surface area contributed by atoms with Gasteiger partial charge in [0, 0.05) is 19.8 Å². The van der Waals surface area contributed by atoms with Crippen molar-refractivity contribution in [2.45, 2.75) is 50.8 Å². The number of sulfonamides is 1. The summed E-state index contributed by atoms with van der Waals surface area (Å²) < 4.78 is 37.2. The van der Waals surface area contributed by atoms with Crippen LogP contribution >= 0.6 is 0 Å². The molecule has 0 radical (unpaired) electrons. The number of aromatic nitrogens is 2. The zero-order valence-electron chi connectivity index (χ0n) is 19.4. The summed E-state index contributed by atoms with van der Waals surface area (Å²) in [6.07, 6.45) is 3.14. The van der Waals surface area contributed by atoms with Crippen LogP contribution in [-0.4, -0.2) is 56.4 Å². The van der Waals surface area contributed by atoms with Crippen LogP contribution < -0.4 is 10.5 Å². The highest BCUT2D eigenvalue weighted by atomic mass is 32.2. The smallest absolute Gasteiger partial charge is 0.338 e. The summed E-state index contributed by atoms with van der Waals surface area (Å²) in [5.41, 5.74) is 1.68. The lowest BCUT2D eigenvalue weighted by atomic mass is 9.76. The Hall–Kier alpha value is -2.76. The molecule has 10 nitrogen and oxygen atoms in total. The number of rotatable bonds is 6. The number of nitrogens with two attached hydrogens (primary N) is 1. The van der Waals surface area contributed by atoms with Crippen LogP contribution in [-0.2, 0) is 32.3 Å². The van der Waals surface area contributed by atoms with E-state index in [9.17, 15) is 18.0 Å². The standard InChI is InChI=1S/C23H30N4O6S/c1-3-9-33-22(29)15-5-6-19(34(24,30)31)17(12-15)27-18-13-23(7-10-32-11-8-23)14-25-21(28)20(18)16(4-2)26-27/h5-6,12H,3-4,7-11,13-14H2,1-2H3,(H,25,28)(H2,24,30,31). The Kier molecular flexibility index (Phi) is 6.79. The molecule has 3 heterocycles. The van der Waals surface area contributed by atoms with Gasteiger partial charge in [0.2, 0.25) is 10.0 Å². The summed E-state index contributed by atoms with van der Waals surface area (Å²) in [6.45, 7) is 5.67. The van der Waals surface area contributed by atoms with Crippen LogP contribution in [0.25, 0.3) is 5.69 Å². The van der Waals surface area contributed by atoms with Crippen LogP contribution in [0.15, 0.2) is 23.1 Å². The largest absolute Gasteiger partial charge is 0.462 e. The SMILES string of the molecule is CCCOC(=O)c1ccc(S(N)(=O)=O)c(-n2nc(CC)c3c2CC2(CCOCC2)CNC3=O)c1. The molecular formula is C23H30N4O6S. The van der Waals surface area contributed by atoms with E-state index in [4.69, 9.17) is 14.6 Å². The van der Waals surface area contributed by atoms with Gasteiger partial charge in [-0.1, -0.05) is 13.8 Å². The fourth-order valence-corrected chi connectivity index (χ4v) is 5.33. The Bertz CT molecular complexity index is 1210. The Labute approximate surface area is 198 Å². The van der Waals surface area contributed by atoms with Gasteiger partial charge in [-0.25, -0.2) is 23.0 Å². The monoisotopic (exact) mass is 490 g/mol. The van der Waals surface area contributed by atoms with E-state index in [0.717, 1.165) is 12.8 Å². The maximum absolute atomic E-state index is 13.1. The summed E-state index contributed by atoms with van der Waals surface area (Å²) in [6, 6.07) is 4.08. The van der Waals surface area contributed by atoms with Crippen molar-refractivity contribution in [2.75, 3.05) is 26.4 Å². The van der Waals surface area contributed by atoms with Crippen molar-refractivity contribution < 1.29 is 27.5 Å². The number of amides is 1. The minimum absolute atomic E-state index is 0.126. The third-order valence-corrected chi connectivity index (χ3v) is 7.46. The number of nitrogens with one attached hydrogen (secondary N) is 1. The van der Waals surface area contributed by atoms with E-state index < -0.39 is 16.0 Å². The number of hydrogen-bond donors (Lipinski definition) is 2. The van der Waals surface area contributed by atoms with Gasteiger partial charge in [0.15, 0.2) is 0 Å². The van der Waals surface area contributed by atoms with Crippen molar-refractivity contribution >= 4 is 21.9 Å². The van der Waals surface area contributed by atoms with Crippen molar-refractivity contribution in [3.05, 3.63) is 40.7 Å². The minimum Gasteiger partial charge on any atom is -0.462 e. The fraction of sp³-hybridized carbons (Fsp3) is 0.522. The molecule has 1 aromatic heterocycles. The summed E-state index contributed by atoms with van der Waals surface area (Å²) >= 11 is 0. The number of primary sulfonamides is 1. The second-order valence-electron chi connectivity index (χ2n) is 8.87. The average molecular weight is 491 g/mol. The first kappa shape index (κ1) is 24.4. The van der Waals surface area contributed by atoms with Crippen LogP contribution in [0.2, 0.25) is 0 Å². The van der Waals surface area contributed by atoms with Gasteiger partial charge in [0.25, 0.3) is 5.91 Å². The van der Waals surface area contributed by atoms with Crippen molar-refractivity contribution in [3.8, 4) is 5.69 Å². The second-order valence-corrected chi connectivity index (χ2v) is 10.4. The van der Waals surface area contributed by atoms with Crippen molar-refractivity contribution in [1.82, 2.24) is 15.1 Å². The summed E-state index contributed by atoms with van der Waals surface area (Å²) in [5.74, 6) is -0.811. The molecule has 0 saturated carbocycles. The number of carbonyl (C=O) groups excluding carboxylic acids is 2. The molecule has 0 aliphatic carbocycles. The van der Waals surface area contributed by atoms with Crippen LogP contribution in [0.1, 0.15) is 65.2 Å². The van der Waals surface area contributed by atoms with E-state index in [1.54, 1.807) is 0 Å². The Morgan fingerprint density at radius 3 is 2.68 bits per heavy atom. The Morgan fingerprint density at radius 1 is 1.29 bits per heavy atom. The molecular weight excluding hydrogens is 460 g/mol. The van der Waals surface area contributed by atoms with E-state index in [0.29, 0.717) is 56.0 Å². The van der Waals surface area contributed by atoms with Gasteiger partial charge in [-0.3, -0.25) is 4.79 Å². The third kappa shape index (κ3) is 4.59. The Balaban J connectivity index is 1.92. The van der Waals surface area contributed by atoms with Crippen molar-refractivity contribution in [1.29, 1.82) is 0 Å². The molecule has 2 aliphatic heterocycles. The van der Waals surface area contributed by atoms with Gasteiger partial charge in [0.1, 0.15) is 4.90 Å². The van der Waals surface area contributed by atoms with Crippen molar-refractivity contribution in [2.24, 2.45) is 10.6 Å². The molecule has 2 aliphatic rings. The minimum atomic E-state index is -4.15. The fourth-order valence-electron chi connectivity index (χ4n) is 4.64. The van der Waals surface area contributed by atoms with Gasteiger partial charge in [-0.15, -0.1) is 0 Å². The number of aryl methyl sites for hydroxylation is 1. The average Bonchev–Trinajstić information content (AvgIpc) is 3.12. The molecule has 2 aromatic rings. The molecule has 4 rings (SSSR count). The van der Waals surface area contributed by atoms with Gasteiger partial charge >= 0.3 is 5.97 Å². The molecule has 1 spiro atoms. The van der Waals surface area contributed by atoms with Gasteiger partial charge in [-0.2, -0.15) is 5.10 Å². The quantitative estimate of drug-likeness (QED) is 0.587. The zero-order valence-corrected chi connectivity index (χ0v) is 20.2. The molecule has 3 N–H and O–H groups in total. The number of carbonyl (C=O) groups is 2. The van der Waals surface area contributed by atoms with Crippen molar-refractivity contribution in [3.63, 3.8) is 0 Å². The third-order valence-electron chi connectivity index (χ3n) is 6.50. The van der Waals surface area contributed by atoms with Crippen LogP contribution in [0, 0.1) is 5.41 Å². The van der Waals surface area contributed by atoms with Crippen LogP contribution in [0.3, 0.4) is 0 Å². The number of ether oxygens (including phenoxy) is 2. The van der Waals surface area contributed by atoms with E-state index >= 15 is 0 Å². The van der Waals surface area contributed by atoms with Gasteiger partial charge in [-0.05, 0) is 55.7 Å².